The maximum absolute atomic E-state index is 3.66. The van der Waals surface area contributed by atoms with Crippen LogP contribution in [-0.4, -0.2) is 37.1 Å². The van der Waals surface area contributed by atoms with Crippen LogP contribution in [0, 0.1) is 11.8 Å². The van der Waals surface area contributed by atoms with Gasteiger partial charge in [0.05, 0.1) is 0 Å². The van der Waals surface area contributed by atoms with Gasteiger partial charge in [-0.15, -0.1) is 0 Å². The van der Waals surface area contributed by atoms with E-state index in [1.807, 2.05) is 0 Å². The summed E-state index contributed by atoms with van der Waals surface area (Å²) in [5.41, 5.74) is 0. The summed E-state index contributed by atoms with van der Waals surface area (Å²) in [6.07, 6.45) is 9.99. The van der Waals surface area contributed by atoms with E-state index in [1.165, 1.54) is 71.1 Å². The largest absolute Gasteiger partial charge is 0.313 e. The highest BCUT2D eigenvalue weighted by Crippen LogP contribution is 2.30. The minimum atomic E-state index is 0.735. The van der Waals surface area contributed by atoms with Crippen LogP contribution in [0.4, 0.5) is 0 Å². The van der Waals surface area contributed by atoms with Crippen LogP contribution in [-0.2, 0) is 0 Å². The standard InChI is InChI=1S/C16H32N2/c1-3-16-13-18(11-4-10-17-16)12-9-15-7-5-14(2)6-8-15/h14-17H,3-13H2,1-2H3. The van der Waals surface area contributed by atoms with Crippen molar-refractivity contribution in [2.45, 2.75) is 64.8 Å². The Bertz CT molecular complexity index is 221. The third-order valence-corrected chi connectivity index (χ3v) is 5.04. The molecule has 0 spiro atoms. The van der Waals surface area contributed by atoms with Crippen molar-refractivity contribution >= 4 is 0 Å². The maximum Gasteiger partial charge on any atom is 0.0192 e. The minimum absolute atomic E-state index is 0.735. The summed E-state index contributed by atoms with van der Waals surface area (Å²) >= 11 is 0. The zero-order valence-electron chi connectivity index (χ0n) is 12.5. The highest BCUT2D eigenvalue weighted by molar-refractivity contribution is 4.77. The molecule has 1 N–H and O–H groups in total. The van der Waals surface area contributed by atoms with Gasteiger partial charge in [-0.05, 0) is 50.7 Å². The second-order valence-corrected chi connectivity index (χ2v) is 6.63. The second kappa shape index (κ2) is 7.49. The van der Waals surface area contributed by atoms with Crippen LogP contribution >= 0.6 is 0 Å². The number of hydrogen-bond acceptors (Lipinski definition) is 2. The normalized spacial score (nSPS) is 35.3. The summed E-state index contributed by atoms with van der Waals surface area (Å²) in [7, 11) is 0. The summed E-state index contributed by atoms with van der Waals surface area (Å²) in [6.45, 7) is 9.88. The van der Waals surface area contributed by atoms with E-state index in [1.54, 1.807) is 0 Å². The van der Waals surface area contributed by atoms with Crippen molar-refractivity contribution in [2.75, 3.05) is 26.2 Å². The molecule has 18 heavy (non-hydrogen) atoms. The molecule has 106 valence electrons. The molecular weight excluding hydrogens is 220 g/mol. The number of nitrogens with one attached hydrogen (secondary N) is 1. The first kappa shape index (κ1) is 14.3. The molecule has 1 aliphatic carbocycles. The van der Waals surface area contributed by atoms with Crippen molar-refractivity contribution in [3.05, 3.63) is 0 Å². The Morgan fingerprint density at radius 3 is 2.67 bits per heavy atom. The Kier molecular flexibility index (Phi) is 5.97. The molecule has 1 unspecified atom stereocenters. The van der Waals surface area contributed by atoms with Gasteiger partial charge in [0.25, 0.3) is 0 Å². The quantitative estimate of drug-likeness (QED) is 0.826. The molecule has 1 atom stereocenters. The average molecular weight is 252 g/mol. The molecule has 2 heteroatoms. The fraction of sp³-hybridized carbons (Fsp3) is 1.00. The SMILES string of the molecule is CCC1CN(CCC2CCC(C)CC2)CCCN1. The van der Waals surface area contributed by atoms with Gasteiger partial charge in [-0.25, -0.2) is 0 Å². The molecule has 2 nitrogen and oxygen atoms in total. The highest BCUT2D eigenvalue weighted by Gasteiger charge is 2.20. The molecule has 1 saturated heterocycles. The summed E-state index contributed by atoms with van der Waals surface area (Å²) in [6, 6.07) is 0.735. The predicted octanol–water partition coefficient (Wildman–Crippen LogP) is 3.28. The first-order valence-corrected chi connectivity index (χ1v) is 8.23. The average Bonchev–Trinajstić information content (AvgIpc) is 2.63. The van der Waals surface area contributed by atoms with Gasteiger partial charge in [0, 0.05) is 12.6 Å². The van der Waals surface area contributed by atoms with Gasteiger partial charge in [-0.1, -0.05) is 39.5 Å². The molecule has 0 aromatic heterocycles. The van der Waals surface area contributed by atoms with E-state index in [0.717, 1.165) is 17.9 Å². The minimum Gasteiger partial charge on any atom is -0.313 e. The Hall–Kier alpha value is -0.0800. The van der Waals surface area contributed by atoms with Crippen LogP contribution in [0.2, 0.25) is 0 Å². The lowest BCUT2D eigenvalue weighted by molar-refractivity contribution is 0.212. The Morgan fingerprint density at radius 2 is 1.94 bits per heavy atom. The second-order valence-electron chi connectivity index (χ2n) is 6.63. The topological polar surface area (TPSA) is 15.3 Å². The number of rotatable bonds is 4. The monoisotopic (exact) mass is 252 g/mol. The Balaban J connectivity index is 1.68. The van der Waals surface area contributed by atoms with Gasteiger partial charge in [-0.2, -0.15) is 0 Å². The third kappa shape index (κ3) is 4.55. The zero-order chi connectivity index (χ0) is 12.8. The van der Waals surface area contributed by atoms with Crippen LogP contribution in [0.1, 0.15) is 58.8 Å². The van der Waals surface area contributed by atoms with Gasteiger partial charge >= 0.3 is 0 Å². The van der Waals surface area contributed by atoms with Gasteiger partial charge in [0.1, 0.15) is 0 Å². The number of nitrogens with zero attached hydrogens (tertiary/aromatic N) is 1. The van der Waals surface area contributed by atoms with Crippen molar-refractivity contribution in [1.82, 2.24) is 10.2 Å². The molecule has 2 fully saturated rings. The van der Waals surface area contributed by atoms with E-state index in [4.69, 9.17) is 0 Å². The van der Waals surface area contributed by atoms with Crippen LogP contribution in [0.15, 0.2) is 0 Å². The van der Waals surface area contributed by atoms with Gasteiger partial charge in [0.15, 0.2) is 0 Å². The van der Waals surface area contributed by atoms with E-state index in [9.17, 15) is 0 Å². The molecule has 2 rings (SSSR count). The zero-order valence-corrected chi connectivity index (χ0v) is 12.5. The van der Waals surface area contributed by atoms with E-state index in [0.29, 0.717) is 0 Å². The molecular formula is C16H32N2. The van der Waals surface area contributed by atoms with Crippen molar-refractivity contribution in [1.29, 1.82) is 0 Å². The molecule has 0 radical (unpaired) electrons. The van der Waals surface area contributed by atoms with Crippen LogP contribution in [0.25, 0.3) is 0 Å². The molecule has 2 aliphatic rings. The first-order chi connectivity index (χ1) is 8.78. The smallest absolute Gasteiger partial charge is 0.0192 e. The lowest BCUT2D eigenvalue weighted by Crippen LogP contribution is -2.38. The van der Waals surface area contributed by atoms with E-state index in [-0.39, 0.29) is 0 Å². The predicted molar refractivity (Wildman–Crippen MR) is 78.9 cm³/mol. The fourth-order valence-electron chi connectivity index (χ4n) is 3.54. The van der Waals surface area contributed by atoms with E-state index < -0.39 is 0 Å². The molecule has 1 saturated carbocycles. The first-order valence-electron chi connectivity index (χ1n) is 8.23. The van der Waals surface area contributed by atoms with Crippen molar-refractivity contribution < 1.29 is 0 Å². The van der Waals surface area contributed by atoms with E-state index in [2.05, 4.69) is 24.1 Å². The molecule has 0 aromatic rings. The van der Waals surface area contributed by atoms with Crippen LogP contribution in [0.3, 0.4) is 0 Å². The van der Waals surface area contributed by atoms with Gasteiger partial charge in [-0.3, -0.25) is 0 Å². The summed E-state index contributed by atoms with van der Waals surface area (Å²) in [4.78, 5) is 2.71. The molecule has 1 heterocycles. The van der Waals surface area contributed by atoms with Gasteiger partial charge < -0.3 is 10.2 Å². The summed E-state index contributed by atoms with van der Waals surface area (Å²) in [5.74, 6) is 2.02. The van der Waals surface area contributed by atoms with Crippen molar-refractivity contribution in [3.63, 3.8) is 0 Å². The van der Waals surface area contributed by atoms with Gasteiger partial charge in [0.2, 0.25) is 0 Å². The Labute approximate surface area is 114 Å². The fourth-order valence-corrected chi connectivity index (χ4v) is 3.54. The van der Waals surface area contributed by atoms with Crippen molar-refractivity contribution in [2.24, 2.45) is 11.8 Å². The van der Waals surface area contributed by atoms with Crippen LogP contribution in [0.5, 0.6) is 0 Å². The summed E-state index contributed by atoms with van der Waals surface area (Å²) < 4.78 is 0. The maximum atomic E-state index is 3.66. The molecule has 0 amide bonds. The lowest BCUT2D eigenvalue weighted by Gasteiger charge is -2.29. The molecule has 0 bridgehead atoms. The van der Waals surface area contributed by atoms with E-state index >= 15 is 0 Å². The van der Waals surface area contributed by atoms with Crippen molar-refractivity contribution in [3.8, 4) is 0 Å². The molecule has 0 aromatic carbocycles. The lowest BCUT2D eigenvalue weighted by atomic mass is 9.81. The third-order valence-electron chi connectivity index (χ3n) is 5.04. The Morgan fingerprint density at radius 1 is 1.17 bits per heavy atom. The summed E-state index contributed by atoms with van der Waals surface area (Å²) in [5, 5.41) is 3.66. The highest BCUT2D eigenvalue weighted by atomic mass is 15.2. The number of hydrogen-bond donors (Lipinski definition) is 1. The van der Waals surface area contributed by atoms with Crippen LogP contribution < -0.4 is 5.32 Å². The molecule has 1 aliphatic heterocycles.